The number of anilines is 1. The largest absolute Gasteiger partial charge is 0.381 e. The molecule has 6 heteroatoms. The molecule has 1 aromatic carbocycles. The molecule has 20 heavy (non-hydrogen) atoms. The van der Waals surface area contributed by atoms with Crippen LogP contribution in [0.2, 0.25) is 0 Å². The van der Waals surface area contributed by atoms with Crippen molar-refractivity contribution in [2.45, 2.75) is 6.92 Å². The van der Waals surface area contributed by atoms with Crippen molar-refractivity contribution < 1.29 is 4.52 Å². The van der Waals surface area contributed by atoms with E-state index >= 15 is 0 Å². The highest BCUT2D eigenvalue weighted by Crippen LogP contribution is 2.35. The fraction of sp³-hybridized carbons (Fsp3) is 0.0714. The molecule has 0 atom stereocenters. The van der Waals surface area contributed by atoms with E-state index in [2.05, 4.69) is 15.4 Å². The normalized spacial score (nSPS) is 10.4. The molecule has 0 spiro atoms. The number of nitrogens with one attached hydrogen (secondary N) is 1. The minimum Gasteiger partial charge on any atom is -0.381 e. The lowest BCUT2D eigenvalue weighted by atomic mass is 10.0. The fourth-order valence-electron chi connectivity index (χ4n) is 2.11. The summed E-state index contributed by atoms with van der Waals surface area (Å²) in [4.78, 5) is 0. The van der Waals surface area contributed by atoms with E-state index in [9.17, 15) is 5.26 Å². The summed E-state index contributed by atoms with van der Waals surface area (Å²) in [5.74, 6) is 0.770. The number of aromatic amines is 1. The number of hydrogen-bond donors (Lipinski definition) is 2. The van der Waals surface area contributed by atoms with Gasteiger partial charge in [-0.15, -0.1) is 0 Å². The number of aryl methyl sites for hydroxylation is 1. The molecule has 6 nitrogen and oxygen atoms in total. The maximum atomic E-state index is 9.20. The highest BCUT2D eigenvalue weighted by atomic mass is 16.5. The maximum absolute atomic E-state index is 9.20. The van der Waals surface area contributed by atoms with Crippen LogP contribution in [0.5, 0.6) is 0 Å². The van der Waals surface area contributed by atoms with Crippen LogP contribution >= 0.6 is 0 Å². The summed E-state index contributed by atoms with van der Waals surface area (Å²) >= 11 is 0. The monoisotopic (exact) mass is 265 g/mol. The molecule has 3 rings (SSSR count). The molecule has 98 valence electrons. The predicted molar refractivity (Wildman–Crippen MR) is 73.4 cm³/mol. The Morgan fingerprint density at radius 2 is 2.05 bits per heavy atom. The van der Waals surface area contributed by atoms with Crippen molar-refractivity contribution in [3.8, 4) is 28.6 Å². The molecule has 0 aliphatic heterocycles. The molecule has 0 saturated carbocycles. The van der Waals surface area contributed by atoms with Gasteiger partial charge in [-0.05, 0) is 6.92 Å². The zero-order chi connectivity index (χ0) is 14.1. The number of nitrogen functional groups attached to an aromatic ring is 1. The van der Waals surface area contributed by atoms with Crippen LogP contribution in [0, 0.1) is 18.3 Å². The van der Waals surface area contributed by atoms with Gasteiger partial charge in [0.2, 0.25) is 0 Å². The van der Waals surface area contributed by atoms with Gasteiger partial charge in [0.05, 0.1) is 11.3 Å². The van der Waals surface area contributed by atoms with E-state index in [0.29, 0.717) is 28.3 Å². The number of nitriles is 1. The SMILES string of the molecule is Cc1onc(-c2ccccc2)c1-c1[nH]nc(N)c1C#N. The molecular weight excluding hydrogens is 254 g/mol. The molecule has 2 heterocycles. The third-order valence-corrected chi connectivity index (χ3v) is 3.07. The second-order valence-corrected chi connectivity index (χ2v) is 4.30. The Labute approximate surface area is 114 Å². The Bertz CT molecular complexity index is 795. The molecule has 0 radical (unpaired) electrons. The van der Waals surface area contributed by atoms with Gasteiger partial charge in [0.1, 0.15) is 23.1 Å². The van der Waals surface area contributed by atoms with Crippen molar-refractivity contribution in [2.24, 2.45) is 0 Å². The second kappa shape index (κ2) is 4.55. The predicted octanol–water partition coefficient (Wildman–Crippen LogP) is 2.49. The van der Waals surface area contributed by atoms with E-state index in [1.54, 1.807) is 6.92 Å². The van der Waals surface area contributed by atoms with Gasteiger partial charge in [-0.25, -0.2) is 0 Å². The van der Waals surface area contributed by atoms with Crippen LogP contribution in [0.15, 0.2) is 34.9 Å². The Hall–Kier alpha value is -3.07. The smallest absolute Gasteiger partial charge is 0.163 e. The third kappa shape index (κ3) is 1.73. The molecule has 0 saturated heterocycles. The second-order valence-electron chi connectivity index (χ2n) is 4.30. The zero-order valence-corrected chi connectivity index (χ0v) is 10.7. The Morgan fingerprint density at radius 1 is 1.30 bits per heavy atom. The average Bonchev–Trinajstić information content (AvgIpc) is 3.02. The van der Waals surface area contributed by atoms with Gasteiger partial charge in [-0.1, -0.05) is 35.5 Å². The van der Waals surface area contributed by atoms with Crippen LogP contribution in [0.3, 0.4) is 0 Å². The van der Waals surface area contributed by atoms with Crippen molar-refractivity contribution in [2.75, 3.05) is 5.73 Å². The molecule has 0 unspecified atom stereocenters. The molecule has 3 N–H and O–H groups in total. The first-order valence-electron chi connectivity index (χ1n) is 5.98. The van der Waals surface area contributed by atoms with Crippen molar-refractivity contribution >= 4 is 5.82 Å². The van der Waals surface area contributed by atoms with Crippen LogP contribution in [0.25, 0.3) is 22.5 Å². The summed E-state index contributed by atoms with van der Waals surface area (Å²) < 4.78 is 5.27. The van der Waals surface area contributed by atoms with E-state index in [1.165, 1.54) is 0 Å². The van der Waals surface area contributed by atoms with Gasteiger partial charge in [0.15, 0.2) is 5.82 Å². The summed E-state index contributed by atoms with van der Waals surface area (Å²) in [7, 11) is 0. The molecule has 3 aromatic rings. The summed E-state index contributed by atoms with van der Waals surface area (Å²) in [6.45, 7) is 1.78. The topological polar surface area (TPSA) is 105 Å². The number of nitrogens with two attached hydrogens (primary N) is 1. The van der Waals surface area contributed by atoms with Gasteiger partial charge < -0.3 is 10.3 Å². The number of aromatic nitrogens is 3. The van der Waals surface area contributed by atoms with Gasteiger partial charge in [0, 0.05) is 5.56 Å². The van der Waals surface area contributed by atoms with Crippen LogP contribution in [0.4, 0.5) is 5.82 Å². The minimum absolute atomic E-state index is 0.169. The van der Waals surface area contributed by atoms with Crippen LogP contribution < -0.4 is 5.73 Å². The number of H-pyrrole nitrogens is 1. The number of rotatable bonds is 2. The lowest BCUT2D eigenvalue weighted by Gasteiger charge is -2.00. The molecule has 0 aliphatic carbocycles. The molecule has 0 fully saturated rings. The Balaban J connectivity index is 2.25. The third-order valence-electron chi connectivity index (χ3n) is 3.07. The van der Waals surface area contributed by atoms with E-state index in [1.807, 2.05) is 36.4 Å². The van der Waals surface area contributed by atoms with Crippen molar-refractivity contribution in [1.82, 2.24) is 15.4 Å². The lowest BCUT2D eigenvalue weighted by molar-refractivity contribution is 0.400. The van der Waals surface area contributed by atoms with Gasteiger partial charge in [-0.3, -0.25) is 5.10 Å². The summed E-state index contributed by atoms with van der Waals surface area (Å²) in [6, 6.07) is 11.6. The van der Waals surface area contributed by atoms with E-state index < -0.39 is 0 Å². The standard InChI is InChI=1S/C14H11N5O/c1-8-11(13-10(7-15)14(16)18-17-13)12(19-20-8)9-5-3-2-4-6-9/h2-6H,1H3,(H3,16,17,18). The first-order chi connectivity index (χ1) is 9.72. The van der Waals surface area contributed by atoms with E-state index in [-0.39, 0.29) is 5.82 Å². The highest BCUT2D eigenvalue weighted by Gasteiger charge is 2.22. The van der Waals surface area contributed by atoms with Gasteiger partial charge in [0.25, 0.3) is 0 Å². The highest BCUT2D eigenvalue weighted by molar-refractivity contribution is 5.84. The van der Waals surface area contributed by atoms with E-state index in [4.69, 9.17) is 10.3 Å². The summed E-state index contributed by atoms with van der Waals surface area (Å²) in [6.07, 6.45) is 0. The Kier molecular flexibility index (Phi) is 2.73. The zero-order valence-electron chi connectivity index (χ0n) is 10.7. The molecule has 0 aliphatic rings. The summed E-state index contributed by atoms with van der Waals surface area (Å²) in [5, 5.41) is 19.9. The number of benzene rings is 1. The fourth-order valence-corrected chi connectivity index (χ4v) is 2.11. The quantitative estimate of drug-likeness (QED) is 0.740. The average molecular weight is 265 g/mol. The number of hydrogen-bond acceptors (Lipinski definition) is 5. The van der Waals surface area contributed by atoms with Gasteiger partial charge >= 0.3 is 0 Å². The maximum Gasteiger partial charge on any atom is 0.163 e. The first-order valence-corrected chi connectivity index (χ1v) is 5.98. The van der Waals surface area contributed by atoms with E-state index in [0.717, 1.165) is 5.56 Å². The van der Waals surface area contributed by atoms with Crippen LogP contribution in [-0.2, 0) is 0 Å². The van der Waals surface area contributed by atoms with Crippen molar-refractivity contribution in [3.05, 3.63) is 41.7 Å². The minimum atomic E-state index is 0.169. The lowest BCUT2D eigenvalue weighted by Crippen LogP contribution is -1.89. The van der Waals surface area contributed by atoms with Crippen molar-refractivity contribution in [3.63, 3.8) is 0 Å². The molecule has 0 bridgehead atoms. The van der Waals surface area contributed by atoms with Crippen molar-refractivity contribution in [1.29, 1.82) is 5.26 Å². The molecular formula is C14H11N5O. The van der Waals surface area contributed by atoms with Crippen LogP contribution in [0.1, 0.15) is 11.3 Å². The Morgan fingerprint density at radius 3 is 2.75 bits per heavy atom. The molecule has 2 aromatic heterocycles. The summed E-state index contributed by atoms with van der Waals surface area (Å²) in [5.41, 5.74) is 8.77. The molecule has 0 amide bonds. The number of nitrogens with zero attached hydrogens (tertiary/aromatic N) is 3. The van der Waals surface area contributed by atoms with Gasteiger partial charge in [-0.2, -0.15) is 10.4 Å². The first kappa shape index (κ1) is 12.0. The van der Waals surface area contributed by atoms with Crippen LogP contribution in [-0.4, -0.2) is 15.4 Å².